The summed E-state index contributed by atoms with van der Waals surface area (Å²) in [6, 6.07) is 12.2. The minimum atomic E-state index is -0.0835. The van der Waals surface area contributed by atoms with Crippen LogP contribution < -0.4 is 5.32 Å². The largest absolute Gasteiger partial charge is 0.508 e. The van der Waals surface area contributed by atoms with Crippen molar-refractivity contribution >= 4 is 40.4 Å². The number of halogens is 2. The molecule has 3 rings (SSSR count). The molecule has 1 aliphatic rings. The van der Waals surface area contributed by atoms with E-state index in [-0.39, 0.29) is 11.7 Å². The standard InChI is InChI=1S/C19H18Cl2N2O2/c20-17-6-3-15(11-18(17)21)22-19(25)12-23-9-7-14(8-10-23)13-1-4-16(24)5-2-13/h1-7,11,24H,8-10,12H2,(H,22,25). The Balaban J connectivity index is 1.55. The van der Waals surface area contributed by atoms with Crippen LogP contribution in [0.5, 0.6) is 5.75 Å². The first-order chi connectivity index (χ1) is 12.0. The Bertz CT molecular complexity index is 804. The number of aromatic hydroxyl groups is 1. The molecule has 0 unspecified atom stereocenters. The van der Waals surface area contributed by atoms with Gasteiger partial charge in [0.2, 0.25) is 5.91 Å². The molecule has 130 valence electrons. The average Bonchev–Trinajstić information content (AvgIpc) is 2.60. The average molecular weight is 377 g/mol. The molecule has 0 radical (unpaired) electrons. The van der Waals surface area contributed by atoms with E-state index in [0.29, 0.717) is 28.8 Å². The van der Waals surface area contributed by atoms with Gasteiger partial charge in [0.15, 0.2) is 0 Å². The van der Waals surface area contributed by atoms with Crippen molar-refractivity contribution in [3.8, 4) is 5.75 Å². The second kappa shape index (κ2) is 7.91. The summed E-state index contributed by atoms with van der Waals surface area (Å²) in [6.07, 6.45) is 2.99. The highest BCUT2D eigenvalue weighted by atomic mass is 35.5. The lowest BCUT2D eigenvalue weighted by molar-refractivity contribution is -0.117. The maximum Gasteiger partial charge on any atom is 0.238 e. The zero-order valence-electron chi connectivity index (χ0n) is 13.5. The third-order valence-corrected chi connectivity index (χ3v) is 4.84. The first-order valence-corrected chi connectivity index (χ1v) is 8.72. The van der Waals surface area contributed by atoms with E-state index >= 15 is 0 Å². The Morgan fingerprint density at radius 1 is 1.12 bits per heavy atom. The summed E-state index contributed by atoms with van der Waals surface area (Å²) in [6.45, 7) is 1.84. The van der Waals surface area contributed by atoms with Crippen molar-refractivity contribution in [2.45, 2.75) is 6.42 Å². The first-order valence-electron chi connectivity index (χ1n) is 7.97. The quantitative estimate of drug-likeness (QED) is 0.829. The molecule has 1 heterocycles. The fourth-order valence-electron chi connectivity index (χ4n) is 2.77. The predicted octanol–water partition coefficient (Wildman–Crippen LogP) is 4.43. The number of hydrogen-bond acceptors (Lipinski definition) is 3. The molecular formula is C19H18Cl2N2O2. The van der Waals surface area contributed by atoms with Gasteiger partial charge in [-0.25, -0.2) is 0 Å². The molecule has 25 heavy (non-hydrogen) atoms. The summed E-state index contributed by atoms with van der Waals surface area (Å²) in [7, 11) is 0. The lowest BCUT2D eigenvalue weighted by Gasteiger charge is -2.26. The number of carbonyl (C=O) groups is 1. The van der Waals surface area contributed by atoms with Gasteiger partial charge in [-0.15, -0.1) is 0 Å². The van der Waals surface area contributed by atoms with Crippen LogP contribution in [0.1, 0.15) is 12.0 Å². The van der Waals surface area contributed by atoms with Crippen LogP contribution in [0, 0.1) is 0 Å². The van der Waals surface area contributed by atoms with E-state index in [0.717, 1.165) is 18.5 Å². The molecule has 0 saturated heterocycles. The molecule has 1 amide bonds. The second-order valence-electron chi connectivity index (χ2n) is 5.94. The molecule has 6 heteroatoms. The summed E-state index contributed by atoms with van der Waals surface area (Å²) in [4.78, 5) is 14.3. The van der Waals surface area contributed by atoms with Crippen LogP contribution in [-0.4, -0.2) is 35.5 Å². The van der Waals surface area contributed by atoms with Gasteiger partial charge in [-0.3, -0.25) is 9.69 Å². The summed E-state index contributed by atoms with van der Waals surface area (Å²) in [5.74, 6) is 0.181. The zero-order chi connectivity index (χ0) is 17.8. The molecule has 0 atom stereocenters. The summed E-state index contributed by atoms with van der Waals surface area (Å²) >= 11 is 11.8. The van der Waals surface area contributed by atoms with Gasteiger partial charge in [-0.05, 0) is 47.9 Å². The summed E-state index contributed by atoms with van der Waals surface area (Å²) < 4.78 is 0. The van der Waals surface area contributed by atoms with Crippen molar-refractivity contribution in [1.82, 2.24) is 4.90 Å². The minimum absolute atomic E-state index is 0.0835. The number of rotatable bonds is 4. The van der Waals surface area contributed by atoms with E-state index in [4.69, 9.17) is 23.2 Å². The normalized spacial score (nSPS) is 14.9. The molecule has 0 saturated carbocycles. The number of phenols is 1. The van der Waals surface area contributed by atoms with Gasteiger partial charge in [0.25, 0.3) is 0 Å². The Morgan fingerprint density at radius 3 is 2.52 bits per heavy atom. The molecule has 2 N–H and O–H groups in total. The van der Waals surface area contributed by atoms with Crippen LogP contribution in [-0.2, 0) is 4.79 Å². The lowest BCUT2D eigenvalue weighted by atomic mass is 9.99. The molecule has 0 bridgehead atoms. The van der Waals surface area contributed by atoms with Crippen LogP contribution in [0.25, 0.3) is 5.57 Å². The summed E-state index contributed by atoms with van der Waals surface area (Å²) in [5.41, 5.74) is 2.98. The number of carbonyl (C=O) groups excluding carboxylic acids is 1. The lowest BCUT2D eigenvalue weighted by Crippen LogP contribution is -2.36. The molecule has 0 aromatic heterocycles. The van der Waals surface area contributed by atoms with Crippen molar-refractivity contribution in [3.05, 3.63) is 64.1 Å². The molecule has 2 aromatic carbocycles. The molecule has 2 aromatic rings. The maximum absolute atomic E-state index is 12.2. The third kappa shape index (κ3) is 4.75. The van der Waals surface area contributed by atoms with Crippen LogP contribution in [0.3, 0.4) is 0 Å². The maximum atomic E-state index is 12.2. The molecule has 1 aliphatic heterocycles. The van der Waals surface area contributed by atoms with E-state index in [1.54, 1.807) is 30.3 Å². The fourth-order valence-corrected chi connectivity index (χ4v) is 3.07. The van der Waals surface area contributed by atoms with Crippen LogP contribution in [0.15, 0.2) is 48.5 Å². The Morgan fingerprint density at radius 2 is 1.88 bits per heavy atom. The Labute approximate surface area is 156 Å². The van der Waals surface area contributed by atoms with Gasteiger partial charge < -0.3 is 10.4 Å². The van der Waals surface area contributed by atoms with Crippen molar-refractivity contribution < 1.29 is 9.90 Å². The van der Waals surface area contributed by atoms with Gasteiger partial charge in [0.05, 0.1) is 16.6 Å². The number of phenolic OH excluding ortho intramolecular Hbond substituents is 1. The fraction of sp³-hybridized carbons (Fsp3) is 0.211. The van der Waals surface area contributed by atoms with Crippen LogP contribution in [0.2, 0.25) is 10.0 Å². The van der Waals surface area contributed by atoms with Crippen molar-refractivity contribution in [2.75, 3.05) is 25.0 Å². The molecule has 0 fully saturated rings. The van der Waals surface area contributed by atoms with E-state index in [9.17, 15) is 9.90 Å². The zero-order valence-corrected chi connectivity index (χ0v) is 15.0. The topological polar surface area (TPSA) is 52.6 Å². The Hall–Kier alpha value is -2.01. The van der Waals surface area contributed by atoms with Crippen molar-refractivity contribution in [3.63, 3.8) is 0 Å². The Kier molecular flexibility index (Phi) is 5.63. The highest BCUT2D eigenvalue weighted by Gasteiger charge is 2.16. The smallest absolute Gasteiger partial charge is 0.238 e. The third-order valence-electron chi connectivity index (χ3n) is 4.10. The van der Waals surface area contributed by atoms with E-state index < -0.39 is 0 Å². The van der Waals surface area contributed by atoms with Crippen LogP contribution >= 0.6 is 23.2 Å². The first kappa shape index (κ1) is 17.8. The van der Waals surface area contributed by atoms with E-state index in [1.165, 1.54) is 5.57 Å². The van der Waals surface area contributed by atoms with Gasteiger partial charge in [-0.1, -0.05) is 41.4 Å². The predicted molar refractivity (Wildman–Crippen MR) is 102 cm³/mol. The highest BCUT2D eigenvalue weighted by Crippen LogP contribution is 2.26. The van der Waals surface area contributed by atoms with Gasteiger partial charge in [0.1, 0.15) is 5.75 Å². The number of nitrogens with zero attached hydrogens (tertiary/aromatic N) is 1. The number of amides is 1. The monoisotopic (exact) mass is 376 g/mol. The van der Waals surface area contributed by atoms with Gasteiger partial charge in [-0.2, -0.15) is 0 Å². The molecule has 0 aliphatic carbocycles. The number of anilines is 1. The van der Waals surface area contributed by atoms with Gasteiger partial charge in [0, 0.05) is 18.8 Å². The minimum Gasteiger partial charge on any atom is -0.508 e. The molecule has 4 nitrogen and oxygen atoms in total. The SMILES string of the molecule is O=C(CN1CC=C(c2ccc(O)cc2)CC1)Nc1ccc(Cl)c(Cl)c1. The number of nitrogens with one attached hydrogen (secondary N) is 1. The van der Waals surface area contributed by atoms with Gasteiger partial charge >= 0.3 is 0 Å². The number of benzene rings is 2. The molecule has 0 spiro atoms. The molecular weight excluding hydrogens is 359 g/mol. The van der Waals surface area contributed by atoms with Crippen molar-refractivity contribution in [2.24, 2.45) is 0 Å². The highest BCUT2D eigenvalue weighted by molar-refractivity contribution is 6.42. The van der Waals surface area contributed by atoms with Crippen LogP contribution in [0.4, 0.5) is 5.69 Å². The van der Waals surface area contributed by atoms with Crippen molar-refractivity contribution in [1.29, 1.82) is 0 Å². The van der Waals surface area contributed by atoms with E-state index in [2.05, 4.69) is 16.3 Å². The van der Waals surface area contributed by atoms with E-state index in [1.807, 2.05) is 12.1 Å². The number of hydrogen-bond donors (Lipinski definition) is 2. The summed E-state index contributed by atoms with van der Waals surface area (Å²) in [5, 5.41) is 13.1. The second-order valence-corrected chi connectivity index (χ2v) is 6.75.